The van der Waals surface area contributed by atoms with Gasteiger partial charge in [0.15, 0.2) is 5.76 Å². The molecular weight excluding hydrogens is 242 g/mol. The maximum absolute atomic E-state index is 5.53. The highest BCUT2D eigenvalue weighted by atomic mass is 16.5. The minimum absolute atomic E-state index is 0.291. The van der Waals surface area contributed by atoms with Gasteiger partial charge in [0, 0.05) is 25.2 Å². The van der Waals surface area contributed by atoms with Crippen LogP contribution in [-0.4, -0.2) is 42.4 Å². The topological polar surface area (TPSA) is 50.5 Å². The molecule has 0 aromatic carbocycles. The molecule has 1 aliphatic rings. The van der Waals surface area contributed by atoms with Crippen molar-refractivity contribution < 1.29 is 9.26 Å². The summed E-state index contributed by atoms with van der Waals surface area (Å²) in [7, 11) is 2.06. The summed E-state index contributed by atoms with van der Waals surface area (Å²) in [6.07, 6.45) is 2.88. The Hall–Kier alpha value is -0.910. The van der Waals surface area contributed by atoms with E-state index in [1.807, 2.05) is 6.07 Å². The number of nitrogens with zero attached hydrogens (tertiary/aromatic N) is 2. The molecule has 0 atom stereocenters. The highest BCUT2D eigenvalue weighted by Crippen LogP contribution is 2.19. The second-order valence-corrected chi connectivity index (χ2v) is 5.60. The van der Waals surface area contributed by atoms with Crippen LogP contribution >= 0.6 is 0 Å². The molecule has 1 aromatic rings. The molecule has 0 radical (unpaired) electrons. The smallest absolute Gasteiger partial charge is 0.151 e. The number of rotatable bonds is 9. The van der Waals surface area contributed by atoms with E-state index in [1.165, 1.54) is 12.8 Å². The van der Waals surface area contributed by atoms with Gasteiger partial charge >= 0.3 is 0 Å². The van der Waals surface area contributed by atoms with E-state index >= 15 is 0 Å². The fourth-order valence-corrected chi connectivity index (χ4v) is 1.84. The lowest BCUT2D eigenvalue weighted by Crippen LogP contribution is -2.23. The maximum Gasteiger partial charge on any atom is 0.151 e. The number of ether oxygens (including phenoxy) is 1. The van der Waals surface area contributed by atoms with E-state index in [0.29, 0.717) is 12.1 Å². The van der Waals surface area contributed by atoms with Crippen molar-refractivity contribution >= 4 is 0 Å². The molecule has 0 amide bonds. The Balaban J connectivity index is 1.66. The number of aromatic nitrogens is 1. The second kappa shape index (κ2) is 7.03. The van der Waals surface area contributed by atoms with Crippen LogP contribution in [0.3, 0.4) is 0 Å². The van der Waals surface area contributed by atoms with Crippen LogP contribution in [0.1, 0.15) is 38.1 Å². The third kappa shape index (κ3) is 5.72. The molecule has 1 heterocycles. The van der Waals surface area contributed by atoms with Gasteiger partial charge in [-0.3, -0.25) is 4.90 Å². The Bertz CT molecular complexity index is 375. The minimum Gasteiger partial charge on any atom is -0.377 e. The maximum atomic E-state index is 5.53. The largest absolute Gasteiger partial charge is 0.377 e. The van der Waals surface area contributed by atoms with Gasteiger partial charge in [0.2, 0.25) is 0 Å². The van der Waals surface area contributed by atoms with Gasteiger partial charge in [0.1, 0.15) is 0 Å². The standard InChI is InChI=1S/C14H25N3O2/c1-11(2)18-7-6-17(3)10-14-8-13(16-19-14)9-15-12-4-5-12/h8,11-12,15H,4-7,9-10H2,1-3H3. The minimum atomic E-state index is 0.291. The first kappa shape index (κ1) is 14.5. The third-order valence-electron chi connectivity index (χ3n) is 3.11. The first-order valence-corrected chi connectivity index (χ1v) is 7.11. The fourth-order valence-electron chi connectivity index (χ4n) is 1.84. The molecule has 5 nitrogen and oxygen atoms in total. The van der Waals surface area contributed by atoms with E-state index in [4.69, 9.17) is 9.26 Å². The lowest BCUT2D eigenvalue weighted by atomic mass is 10.3. The van der Waals surface area contributed by atoms with Gasteiger partial charge in [0.05, 0.1) is 24.9 Å². The van der Waals surface area contributed by atoms with Gasteiger partial charge in [-0.05, 0) is 33.7 Å². The van der Waals surface area contributed by atoms with Crippen LogP contribution in [0.5, 0.6) is 0 Å². The van der Waals surface area contributed by atoms with Crippen molar-refractivity contribution in [2.75, 3.05) is 20.2 Å². The predicted molar refractivity (Wildman–Crippen MR) is 73.8 cm³/mol. The number of hydrogen-bond donors (Lipinski definition) is 1. The lowest BCUT2D eigenvalue weighted by molar-refractivity contribution is 0.0613. The van der Waals surface area contributed by atoms with Crippen molar-refractivity contribution in [1.82, 2.24) is 15.4 Å². The summed E-state index contributed by atoms with van der Waals surface area (Å²) in [6.45, 7) is 7.34. The molecule has 1 fully saturated rings. The Labute approximate surface area is 115 Å². The molecule has 5 heteroatoms. The quantitative estimate of drug-likeness (QED) is 0.739. The van der Waals surface area contributed by atoms with Crippen molar-refractivity contribution in [2.24, 2.45) is 0 Å². The zero-order chi connectivity index (χ0) is 13.7. The monoisotopic (exact) mass is 267 g/mol. The second-order valence-electron chi connectivity index (χ2n) is 5.60. The van der Waals surface area contributed by atoms with Crippen molar-refractivity contribution in [2.45, 2.75) is 51.9 Å². The van der Waals surface area contributed by atoms with Crippen LogP contribution in [0, 0.1) is 0 Å². The van der Waals surface area contributed by atoms with E-state index in [-0.39, 0.29) is 0 Å². The molecule has 2 rings (SSSR count). The summed E-state index contributed by atoms with van der Waals surface area (Å²) in [6, 6.07) is 2.74. The fraction of sp³-hybridized carbons (Fsp3) is 0.786. The van der Waals surface area contributed by atoms with Crippen molar-refractivity contribution in [3.8, 4) is 0 Å². The molecule has 0 aliphatic heterocycles. The molecule has 1 aromatic heterocycles. The van der Waals surface area contributed by atoms with E-state index < -0.39 is 0 Å². The molecule has 108 valence electrons. The average molecular weight is 267 g/mol. The summed E-state index contributed by atoms with van der Waals surface area (Å²) in [5.41, 5.74) is 0.994. The van der Waals surface area contributed by atoms with Crippen LogP contribution < -0.4 is 5.32 Å². The summed E-state index contributed by atoms with van der Waals surface area (Å²) < 4.78 is 10.9. The first-order chi connectivity index (χ1) is 9.13. The van der Waals surface area contributed by atoms with Crippen molar-refractivity contribution in [3.63, 3.8) is 0 Å². The Kier molecular flexibility index (Phi) is 5.36. The number of likely N-dealkylation sites (N-methyl/N-ethyl adjacent to an activating group) is 1. The van der Waals surface area contributed by atoms with Crippen LogP contribution in [0.25, 0.3) is 0 Å². The van der Waals surface area contributed by atoms with Gasteiger partial charge in [-0.15, -0.1) is 0 Å². The molecule has 0 saturated heterocycles. The zero-order valence-electron chi connectivity index (χ0n) is 12.2. The summed E-state index contributed by atoms with van der Waals surface area (Å²) in [5.74, 6) is 0.916. The van der Waals surface area contributed by atoms with Gasteiger partial charge in [-0.1, -0.05) is 5.16 Å². The van der Waals surface area contributed by atoms with Crippen molar-refractivity contribution in [3.05, 3.63) is 17.5 Å². The van der Waals surface area contributed by atoms with Crippen LogP contribution in [0.15, 0.2) is 10.6 Å². The molecule has 1 aliphatic carbocycles. The summed E-state index contributed by atoms with van der Waals surface area (Å²) in [5, 5.41) is 7.51. The summed E-state index contributed by atoms with van der Waals surface area (Å²) in [4.78, 5) is 2.18. The summed E-state index contributed by atoms with van der Waals surface area (Å²) >= 11 is 0. The SMILES string of the molecule is CC(C)OCCN(C)Cc1cc(CNC2CC2)no1. The van der Waals surface area contributed by atoms with Crippen molar-refractivity contribution in [1.29, 1.82) is 0 Å². The predicted octanol–water partition coefficient (Wildman–Crippen LogP) is 1.78. The Morgan fingerprint density at radius 2 is 2.32 bits per heavy atom. The molecular formula is C14H25N3O2. The number of nitrogens with one attached hydrogen (secondary N) is 1. The molecule has 1 saturated carbocycles. The number of hydrogen-bond acceptors (Lipinski definition) is 5. The molecule has 0 spiro atoms. The normalized spacial score (nSPS) is 15.6. The van der Waals surface area contributed by atoms with E-state index in [0.717, 1.165) is 37.7 Å². The van der Waals surface area contributed by atoms with Crippen LogP contribution in [0.4, 0.5) is 0 Å². The molecule has 1 N–H and O–H groups in total. The van der Waals surface area contributed by atoms with Gasteiger partial charge < -0.3 is 14.6 Å². The van der Waals surface area contributed by atoms with E-state index in [2.05, 4.69) is 36.3 Å². The van der Waals surface area contributed by atoms with Gasteiger partial charge in [-0.25, -0.2) is 0 Å². The van der Waals surface area contributed by atoms with E-state index in [1.54, 1.807) is 0 Å². The highest BCUT2D eigenvalue weighted by Gasteiger charge is 2.20. The van der Waals surface area contributed by atoms with Crippen LogP contribution in [-0.2, 0) is 17.8 Å². The lowest BCUT2D eigenvalue weighted by Gasteiger charge is -2.15. The molecule has 0 unspecified atom stereocenters. The Morgan fingerprint density at radius 1 is 1.53 bits per heavy atom. The van der Waals surface area contributed by atoms with Gasteiger partial charge in [-0.2, -0.15) is 0 Å². The van der Waals surface area contributed by atoms with E-state index in [9.17, 15) is 0 Å². The average Bonchev–Trinajstić information content (AvgIpc) is 3.07. The Morgan fingerprint density at radius 3 is 3.00 bits per heavy atom. The molecule has 0 bridgehead atoms. The highest BCUT2D eigenvalue weighted by molar-refractivity contribution is 5.05. The zero-order valence-corrected chi connectivity index (χ0v) is 12.2. The third-order valence-corrected chi connectivity index (χ3v) is 3.11. The van der Waals surface area contributed by atoms with Crippen LogP contribution in [0.2, 0.25) is 0 Å². The van der Waals surface area contributed by atoms with Gasteiger partial charge in [0.25, 0.3) is 0 Å². The molecule has 19 heavy (non-hydrogen) atoms. The first-order valence-electron chi connectivity index (χ1n) is 7.11.